The molecular weight excluding hydrogens is 332 g/mol. The number of benzene rings is 2. The van der Waals surface area contributed by atoms with Gasteiger partial charge < -0.3 is 13.9 Å². The van der Waals surface area contributed by atoms with Crippen LogP contribution in [0.15, 0.2) is 52.9 Å². The van der Waals surface area contributed by atoms with E-state index in [0.717, 1.165) is 16.5 Å². The number of hydrogen-bond acceptors (Lipinski definition) is 5. The van der Waals surface area contributed by atoms with E-state index in [1.807, 2.05) is 44.2 Å². The molecule has 1 heterocycles. The molecular formula is C21H20O5. The van der Waals surface area contributed by atoms with Crippen molar-refractivity contribution in [2.75, 3.05) is 6.61 Å². The van der Waals surface area contributed by atoms with Gasteiger partial charge in [0, 0.05) is 10.9 Å². The van der Waals surface area contributed by atoms with Crippen LogP contribution in [-0.2, 0) is 9.53 Å². The highest BCUT2D eigenvalue weighted by molar-refractivity contribution is 6.01. The van der Waals surface area contributed by atoms with Crippen molar-refractivity contribution < 1.29 is 23.5 Å². The zero-order valence-electron chi connectivity index (χ0n) is 14.9. The van der Waals surface area contributed by atoms with E-state index in [0.29, 0.717) is 11.3 Å². The van der Waals surface area contributed by atoms with Gasteiger partial charge in [-0.25, -0.2) is 4.79 Å². The van der Waals surface area contributed by atoms with Crippen LogP contribution in [0.5, 0.6) is 5.75 Å². The second-order valence-corrected chi connectivity index (χ2v) is 6.16. The second-order valence-electron chi connectivity index (χ2n) is 6.16. The van der Waals surface area contributed by atoms with Gasteiger partial charge in [-0.3, -0.25) is 4.79 Å². The Morgan fingerprint density at radius 3 is 2.42 bits per heavy atom. The van der Waals surface area contributed by atoms with E-state index in [-0.39, 0.29) is 18.2 Å². The number of ketones is 1. The highest BCUT2D eigenvalue weighted by Crippen LogP contribution is 2.25. The zero-order valence-corrected chi connectivity index (χ0v) is 14.9. The summed E-state index contributed by atoms with van der Waals surface area (Å²) in [7, 11) is 0. The number of esters is 1. The smallest absolute Gasteiger partial charge is 0.347 e. The first kappa shape index (κ1) is 17.7. The third-order valence-electron chi connectivity index (χ3n) is 4.11. The van der Waals surface area contributed by atoms with Crippen LogP contribution < -0.4 is 4.74 Å². The number of ether oxygens (including phenoxy) is 2. The molecule has 0 amide bonds. The standard InChI is InChI=1S/C21H20O5/c1-13-8-10-16(11-9-13)25-15(3)21(23)24-12-18(22)20-14(2)17-6-4-5-7-19(17)26-20/h4-11,15H,12H2,1-3H3. The Morgan fingerprint density at radius 2 is 1.73 bits per heavy atom. The van der Waals surface area contributed by atoms with Crippen molar-refractivity contribution in [2.45, 2.75) is 26.9 Å². The molecule has 0 aliphatic heterocycles. The van der Waals surface area contributed by atoms with E-state index in [1.54, 1.807) is 25.1 Å². The van der Waals surface area contributed by atoms with Gasteiger partial charge in [0.1, 0.15) is 11.3 Å². The number of para-hydroxylation sites is 1. The Balaban J connectivity index is 1.60. The molecule has 5 heteroatoms. The molecule has 1 atom stereocenters. The topological polar surface area (TPSA) is 65.7 Å². The van der Waals surface area contributed by atoms with Gasteiger partial charge in [0.25, 0.3) is 0 Å². The molecule has 3 aromatic rings. The van der Waals surface area contributed by atoms with Crippen molar-refractivity contribution in [1.82, 2.24) is 0 Å². The van der Waals surface area contributed by atoms with Crippen molar-refractivity contribution in [3.05, 3.63) is 65.4 Å². The molecule has 134 valence electrons. The van der Waals surface area contributed by atoms with Crippen LogP contribution in [0.3, 0.4) is 0 Å². The van der Waals surface area contributed by atoms with Crippen molar-refractivity contribution in [3.63, 3.8) is 0 Å². The first-order chi connectivity index (χ1) is 12.5. The van der Waals surface area contributed by atoms with Crippen LogP contribution in [0.2, 0.25) is 0 Å². The summed E-state index contributed by atoms with van der Waals surface area (Å²) in [5.41, 5.74) is 2.47. The summed E-state index contributed by atoms with van der Waals surface area (Å²) < 4.78 is 16.2. The number of fused-ring (bicyclic) bond motifs is 1. The predicted molar refractivity (Wildman–Crippen MR) is 97.5 cm³/mol. The van der Waals surface area contributed by atoms with Gasteiger partial charge in [0.15, 0.2) is 18.5 Å². The van der Waals surface area contributed by atoms with E-state index >= 15 is 0 Å². The van der Waals surface area contributed by atoms with E-state index in [9.17, 15) is 9.59 Å². The fourth-order valence-electron chi connectivity index (χ4n) is 2.63. The lowest BCUT2D eigenvalue weighted by Gasteiger charge is -2.13. The predicted octanol–water partition coefficient (Wildman–Crippen LogP) is 4.24. The Bertz CT molecular complexity index is 937. The monoisotopic (exact) mass is 352 g/mol. The first-order valence-electron chi connectivity index (χ1n) is 8.37. The summed E-state index contributed by atoms with van der Waals surface area (Å²) in [6.07, 6.45) is -0.817. The number of furan rings is 1. The third-order valence-corrected chi connectivity index (χ3v) is 4.11. The van der Waals surface area contributed by atoms with Crippen LogP contribution >= 0.6 is 0 Å². The second kappa shape index (κ2) is 7.44. The largest absolute Gasteiger partial charge is 0.479 e. The van der Waals surface area contributed by atoms with Gasteiger partial charge in [-0.15, -0.1) is 0 Å². The summed E-state index contributed by atoms with van der Waals surface area (Å²) in [5, 5.41) is 0.873. The molecule has 2 aromatic carbocycles. The average molecular weight is 352 g/mol. The maximum atomic E-state index is 12.3. The van der Waals surface area contributed by atoms with Crippen LogP contribution in [0.25, 0.3) is 11.0 Å². The number of carbonyl (C=O) groups is 2. The van der Waals surface area contributed by atoms with Crippen LogP contribution in [0.4, 0.5) is 0 Å². The Kier molecular flexibility index (Phi) is 5.07. The molecule has 0 N–H and O–H groups in total. The maximum Gasteiger partial charge on any atom is 0.347 e. The van der Waals surface area contributed by atoms with Crippen molar-refractivity contribution in [1.29, 1.82) is 0 Å². The summed E-state index contributed by atoms with van der Waals surface area (Å²) in [5.74, 6) is -0.201. The van der Waals surface area contributed by atoms with Gasteiger partial charge in [0.2, 0.25) is 5.78 Å². The summed E-state index contributed by atoms with van der Waals surface area (Å²) in [6, 6.07) is 14.7. The SMILES string of the molecule is Cc1ccc(OC(C)C(=O)OCC(=O)c2oc3ccccc3c2C)cc1. The Labute approximate surface area is 151 Å². The molecule has 0 radical (unpaired) electrons. The molecule has 26 heavy (non-hydrogen) atoms. The number of Topliss-reactive ketones (excluding diaryl/α,β-unsaturated/α-hetero) is 1. The van der Waals surface area contributed by atoms with E-state index in [4.69, 9.17) is 13.9 Å². The van der Waals surface area contributed by atoms with Gasteiger partial charge in [-0.1, -0.05) is 35.9 Å². The van der Waals surface area contributed by atoms with E-state index in [2.05, 4.69) is 0 Å². The molecule has 0 aliphatic rings. The number of carbonyl (C=O) groups excluding carboxylic acids is 2. The minimum Gasteiger partial charge on any atom is -0.479 e. The summed E-state index contributed by atoms with van der Waals surface area (Å²) in [4.78, 5) is 24.4. The van der Waals surface area contributed by atoms with Crippen molar-refractivity contribution in [2.24, 2.45) is 0 Å². The third kappa shape index (κ3) is 3.77. The van der Waals surface area contributed by atoms with E-state index < -0.39 is 12.1 Å². The highest BCUT2D eigenvalue weighted by Gasteiger charge is 2.22. The number of aryl methyl sites for hydroxylation is 2. The normalized spacial score (nSPS) is 12.0. The van der Waals surface area contributed by atoms with Gasteiger partial charge in [-0.2, -0.15) is 0 Å². The van der Waals surface area contributed by atoms with Crippen LogP contribution in [0, 0.1) is 13.8 Å². The Morgan fingerprint density at radius 1 is 1.04 bits per heavy atom. The molecule has 0 bridgehead atoms. The molecule has 0 fully saturated rings. The molecule has 0 saturated carbocycles. The average Bonchev–Trinajstić information content (AvgIpc) is 2.98. The molecule has 5 nitrogen and oxygen atoms in total. The fourth-order valence-corrected chi connectivity index (χ4v) is 2.63. The Hall–Kier alpha value is -3.08. The van der Waals surface area contributed by atoms with Crippen molar-refractivity contribution in [3.8, 4) is 5.75 Å². The number of rotatable bonds is 6. The lowest BCUT2D eigenvalue weighted by Crippen LogP contribution is -2.28. The minimum atomic E-state index is -0.817. The van der Waals surface area contributed by atoms with Gasteiger partial charge >= 0.3 is 5.97 Å². The minimum absolute atomic E-state index is 0.214. The van der Waals surface area contributed by atoms with E-state index in [1.165, 1.54) is 0 Å². The molecule has 0 saturated heterocycles. The quantitative estimate of drug-likeness (QED) is 0.490. The zero-order chi connectivity index (χ0) is 18.7. The number of hydrogen-bond donors (Lipinski definition) is 0. The van der Waals surface area contributed by atoms with Gasteiger partial charge in [0.05, 0.1) is 0 Å². The molecule has 0 spiro atoms. The molecule has 0 aliphatic carbocycles. The fraction of sp³-hybridized carbons (Fsp3) is 0.238. The molecule has 3 rings (SSSR count). The van der Waals surface area contributed by atoms with Gasteiger partial charge in [-0.05, 0) is 39.0 Å². The maximum absolute atomic E-state index is 12.3. The molecule has 1 aromatic heterocycles. The lowest BCUT2D eigenvalue weighted by atomic mass is 10.1. The summed E-state index contributed by atoms with van der Waals surface area (Å²) >= 11 is 0. The summed E-state index contributed by atoms with van der Waals surface area (Å²) in [6.45, 7) is 4.97. The van der Waals surface area contributed by atoms with Crippen LogP contribution in [0.1, 0.15) is 28.6 Å². The van der Waals surface area contributed by atoms with Crippen molar-refractivity contribution >= 4 is 22.7 Å². The lowest BCUT2D eigenvalue weighted by molar-refractivity contribution is -0.149. The first-order valence-corrected chi connectivity index (χ1v) is 8.37. The highest BCUT2D eigenvalue weighted by atomic mass is 16.6. The molecule has 1 unspecified atom stereocenters. The van der Waals surface area contributed by atoms with Crippen LogP contribution in [-0.4, -0.2) is 24.5 Å².